The second kappa shape index (κ2) is 8.82. The largest absolute Gasteiger partial charge is 0.389 e. The first-order chi connectivity index (χ1) is 10.1. The number of hydrogen-bond donors (Lipinski definition) is 0. The minimum atomic E-state index is -4.41. The van der Waals surface area contributed by atoms with E-state index in [1.165, 1.54) is 0 Å². The molecule has 0 aromatic rings. The normalized spacial score (nSPS) is 14.3. The average molecular weight is 397 g/mol. The summed E-state index contributed by atoms with van der Waals surface area (Å²) in [4.78, 5) is 0. The van der Waals surface area contributed by atoms with Crippen molar-refractivity contribution in [3.05, 3.63) is 0 Å². The molecular formula is C12H18ClF9Si. The summed E-state index contributed by atoms with van der Waals surface area (Å²) < 4.78 is 109. The van der Waals surface area contributed by atoms with Crippen LogP contribution in [-0.4, -0.2) is 25.9 Å². The molecule has 23 heavy (non-hydrogen) atoms. The van der Waals surface area contributed by atoms with Gasteiger partial charge in [0.15, 0.2) is 7.38 Å². The fourth-order valence-electron chi connectivity index (χ4n) is 2.19. The van der Waals surface area contributed by atoms with Crippen molar-refractivity contribution in [3.8, 4) is 0 Å². The van der Waals surface area contributed by atoms with Gasteiger partial charge in [0.1, 0.15) is 0 Å². The number of halogens is 10. The molecule has 0 unspecified atom stereocenters. The summed E-state index contributed by atoms with van der Waals surface area (Å²) in [7, 11) is -3.08. The second-order valence-electron chi connectivity index (χ2n) is 5.56. The average Bonchev–Trinajstić information content (AvgIpc) is 2.22. The van der Waals surface area contributed by atoms with E-state index in [0.717, 1.165) is 0 Å². The minimum Gasteiger partial charge on any atom is -0.171 e. The quantitative estimate of drug-likeness (QED) is 0.219. The first-order valence-electron chi connectivity index (χ1n) is 7.01. The standard InChI is InChI=1S/C12H18ClF9Si/c13-23(7-1-4-10(14,15)16,8-2-5-11(17,18)19)9-3-6-12(20,21)22/h1-9H2. The summed E-state index contributed by atoms with van der Waals surface area (Å²) in [5, 5.41) is 0. The summed E-state index contributed by atoms with van der Waals surface area (Å²) in [5.41, 5.74) is 0. The fraction of sp³-hybridized carbons (Fsp3) is 1.00. The first kappa shape index (κ1) is 22.9. The van der Waals surface area contributed by atoms with Gasteiger partial charge in [-0.25, -0.2) is 0 Å². The first-order valence-corrected chi connectivity index (χ1v) is 10.6. The van der Waals surface area contributed by atoms with Crippen LogP contribution in [0.1, 0.15) is 38.5 Å². The third kappa shape index (κ3) is 15.2. The second-order valence-corrected chi connectivity index (χ2v) is 11.8. The van der Waals surface area contributed by atoms with Crippen molar-refractivity contribution in [1.82, 2.24) is 0 Å². The molecule has 0 bridgehead atoms. The van der Waals surface area contributed by atoms with Crippen LogP contribution >= 0.6 is 11.1 Å². The molecule has 0 aromatic heterocycles. The van der Waals surface area contributed by atoms with Gasteiger partial charge in [0, 0.05) is 19.3 Å². The van der Waals surface area contributed by atoms with Gasteiger partial charge in [-0.2, -0.15) is 50.6 Å². The highest BCUT2D eigenvalue weighted by Crippen LogP contribution is 2.37. The predicted octanol–water partition coefficient (Wildman–Crippen LogP) is 7.20. The highest BCUT2D eigenvalue weighted by molar-refractivity contribution is 7.20. The van der Waals surface area contributed by atoms with Crippen molar-refractivity contribution in [2.24, 2.45) is 0 Å². The highest BCUT2D eigenvalue weighted by Gasteiger charge is 2.36. The summed E-state index contributed by atoms with van der Waals surface area (Å²) in [5.74, 6) is 0. The maximum atomic E-state index is 12.1. The van der Waals surface area contributed by atoms with E-state index in [1.807, 2.05) is 0 Å². The lowest BCUT2D eigenvalue weighted by molar-refractivity contribution is -0.135. The van der Waals surface area contributed by atoms with Gasteiger partial charge in [-0.05, 0) is 37.4 Å². The third-order valence-electron chi connectivity index (χ3n) is 3.26. The van der Waals surface area contributed by atoms with Gasteiger partial charge in [0.25, 0.3) is 0 Å². The van der Waals surface area contributed by atoms with Crippen molar-refractivity contribution in [2.75, 3.05) is 0 Å². The van der Waals surface area contributed by atoms with Crippen LogP contribution in [0.15, 0.2) is 0 Å². The summed E-state index contributed by atoms with van der Waals surface area (Å²) in [6.45, 7) is 0. The van der Waals surface area contributed by atoms with Crippen molar-refractivity contribution in [1.29, 1.82) is 0 Å². The predicted molar refractivity (Wildman–Crippen MR) is 71.9 cm³/mol. The molecule has 0 N–H and O–H groups in total. The zero-order valence-corrected chi connectivity index (χ0v) is 13.9. The maximum Gasteiger partial charge on any atom is 0.389 e. The molecule has 0 aliphatic rings. The molecule has 140 valence electrons. The molecule has 0 saturated heterocycles. The zero-order valence-electron chi connectivity index (χ0n) is 12.1. The van der Waals surface area contributed by atoms with Gasteiger partial charge < -0.3 is 0 Å². The van der Waals surface area contributed by atoms with Crippen molar-refractivity contribution in [2.45, 2.75) is 75.2 Å². The van der Waals surface area contributed by atoms with Crippen LogP contribution in [0.5, 0.6) is 0 Å². The van der Waals surface area contributed by atoms with Crippen LogP contribution in [-0.2, 0) is 0 Å². The van der Waals surface area contributed by atoms with Gasteiger partial charge in [0.2, 0.25) is 0 Å². The van der Waals surface area contributed by atoms with Gasteiger partial charge in [-0.3, -0.25) is 0 Å². The van der Waals surface area contributed by atoms with E-state index in [4.69, 9.17) is 11.1 Å². The molecule has 11 heteroatoms. The van der Waals surface area contributed by atoms with E-state index < -0.39 is 45.2 Å². The molecule has 0 aliphatic carbocycles. The topological polar surface area (TPSA) is 0 Å². The SMILES string of the molecule is FC(F)(F)CCC[Si](Cl)(CCCC(F)(F)F)CCCC(F)(F)F. The molecule has 0 radical (unpaired) electrons. The van der Waals surface area contributed by atoms with Crippen LogP contribution in [0.3, 0.4) is 0 Å². The Labute approximate surface area is 134 Å². The molecule has 0 rings (SSSR count). The number of alkyl halides is 9. The van der Waals surface area contributed by atoms with Gasteiger partial charge >= 0.3 is 18.5 Å². The van der Waals surface area contributed by atoms with Crippen LogP contribution in [0.25, 0.3) is 0 Å². The lowest BCUT2D eigenvalue weighted by Crippen LogP contribution is -2.28. The Kier molecular flexibility index (Phi) is 8.77. The minimum absolute atomic E-state index is 0.135. The van der Waals surface area contributed by atoms with Gasteiger partial charge in [0.05, 0.1) is 0 Å². The zero-order chi connectivity index (χ0) is 18.4. The fourth-order valence-corrected chi connectivity index (χ4v) is 6.58. The van der Waals surface area contributed by atoms with E-state index in [-0.39, 0.29) is 37.4 Å². The highest BCUT2D eigenvalue weighted by atomic mass is 35.6. The van der Waals surface area contributed by atoms with Crippen molar-refractivity contribution >= 4 is 18.5 Å². The lowest BCUT2D eigenvalue weighted by atomic mass is 10.3. The van der Waals surface area contributed by atoms with E-state index >= 15 is 0 Å². The van der Waals surface area contributed by atoms with E-state index in [2.05, 4.69) is 0 Å². The summed E-state index contributed by atoms with van der Waals surface area (Å²) in [6.07, 6.45) is -17.7. The van der Waals surface area contributed by atoms with Crippen LogP contribution < -0.4 is 0 Å². The molecule has 0 amide bonds. The Bertz CT molecular complexity index is 285. The monoisotopic (exact) mass is 396 g/mol. The van der Waals surface area contributed by atoms with E-state index in [1.54, 1.807) is 0 Å². The Balaban J connectivity index is 4.50. The molecule has 0 heterocycles. The summed E-state index contributed by atoms with van der Waals surface area (Å²) in [6, 6.07) is -0.405. The van der Waals surface area contributed by atoms with E-state index in [0.29, 0.717) is 0 Å². The van der Waals surface area contributed by atoms with Crippen molar-refractivity contribution < 1.29 is 39.5 Å². The van der Waals surface area contributed by atoms with Crippen LogP contribution in [0.4, 0.5) is 39.5 Å². The molecule has 0 nitrogen and oxygen atoms in total. The Morgan fingerprint density at radius 2 is 0.739 bits per heavy atom. The molecule has 0 fully saturated rings. The Morgan fingerprint density at radius 3 is 0.913 bits per heavy atom. The van der Waals surface area contributed by atoms with Gasteiger partial charge in [-0.15, -0.1) is 0 Å². The maximum absolute atomic E-state index is 12.1. The molecular weight excluding hydrogens is 379 g/mol. The molecule has 0 atom stereocenters. The van der Waals surface area contributed by atoms with Crippen molar-refractivity contribution in [3.63, 3.8) is 0 Å². The van der Waals surface area contributed by atoms with E-state index in [9.17, 15) is 39.5 Å². The van der Waals surface area contributed by atoms with Crippen LogP contribution in [0.2, 0.25) is 18.1 Å². The lowest BCUT2D eigenvalue weighted by Gasteiger charge is -2.25. The Hall–Kier alpha value is -0.123. The summed E-state index contributed by atoms with van der Waals surface area (Å²) >= 11 is 6.16. The smallest absolute Gasteiger partial charge is 0.171 e. The van der Waals surface area contributed by atoms with Gasteiger partial charge in [-0.1, -0.05) is 0 Å². The molecule has 0 aromatic carbocycles. The third-order valence-corrected chi connectivity index (χ3v) is 8.70. The molecule has 0 saturated carbocycles. The Morgan fingerprint density at radius 1 is 0.522 bits per heavy atom. The number of rotatable bonds is 9. The number of hydrogen-bond acceptors (Lipinski definition) is 0. The van der Waals surface area contributed by atoms with Crippen LogP contribution in [0, 0.1) is 0 Å². The molecule has 0 aliphatic heterocycles. The molecule has 0 spiro atoms.